The number of carbonyl (C=O) groups excluding carboxylic acids is 1. The smallest absolute Gasteiger partial charge is 0.340 e. The molecule has 28 heavy (non-hydrogen) atoms. The minimum absolute atomic E-state index is 0.0316. The molecule has 7 nitrogen and oxygen atoms in total. The molecule has 152 valence electrons. The molecule has 0 spiro atoms. The van der Waals surface area contributed by atoms with E-state index in [1.54, 1.807) is 30.3 Å². The van der Waals surface area contributed by atoms with E-state index in [1.165, 1.54) is 13.1 Å². The topological polar surface area (TPSA) is 82.1 Å². The largest absolute Gasteiger partial charge is 0.494 e. The van der Waals surface area contributed by atoms with Gasteiger partial charge in [-0.15, -0.1) is 0 Å². The SMILES string of the molecule is CCCOc1ccc(OCCOC(=O)c2ccccc2N(C)S(C)(=O)=O)cc1. The number of sulfonamides is 1. The van der Waals surface area contributed by atoms with Gasteiger partial charge in [0.15, 0.2) is 0 Å². The van der Waals surface area contributed by atoms with Crippen LogP contribution in [0.4, 0.5) is 5.69 Å². The van der Waals surface area contributed by atoms with Crippen LogP contribution in [0.15, 0.2) is 48.5 Å². The lowest BCUT2D eigenvalue weighted by Crippen LogP contribution is -2.27. The van der Waals surface area contributed by atoms with Crippen molar-refractivity contribution in [3.8, 4) is 11.5 Å². The number of benzene rings is 2. The van der Waals surface area contributed by atoms with Gasteiger partial charge in [-0.2, -0.15) is 0 Å². The van der Waals surface area contributed by atoms with Crippen molar-refractivity contribution in [3.63, 3.8) is 0 Å². The molecular formula is C20H25NO6S. The van der Waals surface area contributed by atoms with Gasteiger partial charge in [0, 0.05) is 7.05 Å². The molecule has 8 heteroatoms. The number of rotatable bonds is 10. The van der Waals surface area contributed by atoms with Gasteiger partial charge < -0.3 is 14.2 Å². The van der Waals surface area contributed by atoms with Crippen molar-refractivity contribution in [2.24, 2.45) is 0 Å². The molecule has 0 bridgehead atoms. The summed E-state index contributed by atoms with van der Waals surface area (Å²) < 4.78 is 40.8. The fourth-order valence-corrected chi connectivity index (χ4v) is 2.84. The molecule has 0 aliphatic rings. The Morgan fingerprint density at radius 1 is 0.929 bits per heavy atom. The Morgan fingerprint density at radius 2 is 1.50 bits per heavy atom. The zero-order valence-corrected chi connectivity index (χ0v) is 17.1. The van der Waals surface area contributed by atoms with Crippen LogP contribution < -0.4 is 13.8 Å². The summed E-state index contributed by atoms with van der Waals surface area (Å²) in [5.41, 5.74) is 0.437. The van der Waals surface area contributed by atoms with Gasteiger partial charge in [-0.3, -0.25) is 4.31 Å². The molecule has 0 aliphatic heterocycles. The maximum atomic E-state index is 12.3. The minimum Gasteiger partial charge on any atom is -0.494 e. The Balaban J connectivity index is 1.88. The summed E-state index contributed by atoms with van der Waals surface area (Å²) in [6.07, 6.45) is 2.01. The highest BCUT2D eigenvalue weighted by molar-refractivity contribution is 7.92. The number of esters is 1. The fourth-order valence-electron chi connectivity index (χ4n) is 2.32. The third-order valence-corrected chi connectivity index (χ3v) is 5.03. The summed E-state index contributed by atoms with van der Waals surface area (Å²) in [6.45, 7) is 2.90. The van der Waals surface area contributed by atoms with E-state index in [4.69, 9.17) is 14.2 Å². The molecule has 0 aromatic heterocycles. The molecule has 0 fully saturated rings. The first-order valence-corrected chi connectivity index (χ1v) is 10.7. The van der Waals surface area contributed by atoms with Crippen LogP contribution in [-0.4, -0.2) is 47.5 Å². The molecule has 0 aliphatic carbocycles. The predicted octanol–water partition coefficient (Wildman–Crippen LogP) is 3.11. The van der Waals surface area contributed by atoms with Crippen LogP contribution >= 0.6 is 0 Å². The monoisotopic (exact) mass is 407 g/mol. The maximum absolute atomic E-state index is 12.3. The van der Waals surface area contributed by atoms with Crippen molar-refractivity contribution in [3.05, 3.63) is 54.1 Å². The highest BCUT2D eigenvalue weighted by Gasteiger charge is 2.20. The first kappa shape index (κ1) is 21.6. The Morgan fingerprint density at radius 3 is 2.07 bits per heavy atom. The van der Waals surface area contributed by atoms with E-state index in [1.807, 2.05) is 19.1 Å². The van der Waals surface area contributed by atoms with Crippen molar-refractivity contribution in [1.82, 2.24) is 0 Å². The zero-order valence-electron chi connectivity index (χ0n) is 16.3. The first-order valence-electron chi connectivity index (χ1n) is 8.88. The summed E-state index contributed by atoms with van der Waals surface area (Å²) in [5, 5.41) is 0. The number of hydrogen-bond donors (Lipinski definition) is 0. The van der Waals surface area contributed by atoms with Crippen LogP contribution in [-0.2, 0) is 14.8 Å². The third kappa shape index (κ3) is 6.16. The third-order valence-electron chi connectivity index (χ3n) is 3.84. The van der Waals surface area contributed by atoms with Gasteiger partial charge in [0.05, 0.1) is 24.1 Å². The van der Waals surface area contributed by atoms with E-state index in [0.29, 0.717) is 12.4 Å². The molecule has 0 radical (unpaired) electrons. The number of hydrogen-bond acceptors (Lipinski definition) is 6. The number of para-hydroxylation sites is 1. The van der Waals surface area contributed by atoms with Crippen molar-refractivity contribution in [1.29, 1.82) is 0 Å². The lowest BCUT2D eigenvalue weighted by Gasteiger charge is -2.19. The van der Waals surface area contributed by atoms with Crippen LogP contribution in [0.1, 0.15) is 23.7 Å². The van der Waals surface area contributed by atoms with Crippen LogP contribution in [0, 0.1) is 0 Å². The fraction of sp³-hybridized carbons (Fsp3) is 0.350. The second kappa shape index (κ2) is 9.98. The van der Waals surface area contributed by atoms with Gasteiger partial charge in [0.2, 0.25) is 10.0 Å². The van der Waals surface area contributed by atoms with Gasteiger partial charge in [-0.25, -0.2) is 13.2 Å². The van der Waals surface area contributed by atoms with Crippen LogP contribution in [0.3, 0.4) is 0 Å². The second-order valence-corrected chi connectivity index (χ2v) is 8.07. The van der Waals surface area contributed by atoms with Gasteiger partial charge in [0.25, 0.3) is 0 Å². The Labute approximate surface area is 165 Å². The molecule has 0 saturated heterocycles. The van der Waals surface area contributed by atoms with E-state index in [9.17, 15) is 13.2 Å². The minimum atomic E-state index is -3.49. The van der Waals surface area contributed by atoms with E-state index in [2.05, 4.69) is 0 Å². The van der Waals surface area contributed by atoms with Crippen LogP contribution in [0.5, 0.6) is 11.5 Å². The van der Waals surface area contributed by atoms with Gasteiger partial charge in [-0.05, 0) is 42.8 Å². The van der Waals surface area contributed by atoms with Crippen LogP contribution in [0.2, 0.25) is 0 Å². The molecule has 0 saturated carbocycles. The maximum Gasteiger partial charge on any atom is 0.340 e. The van der Waals surface area contributed by atoms with E-state index in [0.717, 1.165) is 22.7 Å². The molecule has 0 amide bonds. The number of nitrogens with zero attached hydrogens (tertiary/aromatic N) is 1. The quantitative estimate of drug-likeness (QED) is 0.445. The average molecular weight is 407 g/mol. The lowest BCUT2D eigenvalue weighted by atomic mass is 10.2. The molecule has 0 unspecified atom stereocenters. The van der Waals surface area contributed by atoms with Gasteiger partial charge in [-0.1, -0.05) is 19.1 Å². The second-order valence-electron chi connectivity index (χ2n) is 6.05. The molecule has 0 atom stereocenters. The number of anilines is 1. The average Bonchev–Trinajstić information content (AvgIpc) is 2.69. The van der Waals surface area contributed by atoms with Crippen molar-refractivity contribution < 1.29 is 27.4 Å². The van der Waals surface area contributed by atoms with E-state index >= 15 is 0 Å². The molecule has 2 aromatic rings. The summed E-state index contributed by atoms with van der Waals surface area (Å²) >= 11 is 0. The zero-order chi connectivity index (χ0) is 20.6. The normalized spacial score (nSPS) is 11.0. The molecule has 2 rings (SSSR count). The Hall–Kier alpha value is -2.74. The number of ether oxygens (including phenoxy) is 3. The lowest BCUT2D eigenvalue weighted by molar-refractivity contribution is 0.0451. The summed E-state index contributed by atoms with van der Waals surface area (Å²) in [6, 6.07) is 13.6. The van der Waals surface area contributed by atoms with Gasteiger partial charge >= 0.3 is 5.97 Å². The van der Waals surface area contributed by atoms with Crippen LogP contribution in [0.25, 0.3) is 0 Å². The summed E-state index contributed by atoms with van der Waals surface area (Å²) in [5.74, 6) is 0.794. The molecular weight excluding hydrogens is 382 g/mol. The van der Waals surface area contributed by atoms with Crippen molar-refractivity contribution in [2.45, 2.75) is 13.3 Å². The summed E-state index contributed by atoms with van der Waals surface area (Å²) in [7, 11) is -2.10. The standard InChI is InChI=1S/C20H25NO6S/c1-4-13-25-16-9-11-17(12-10-16)26-14-15-27-20(22)18-7-5-6-8-19(18)21(2)28(3,23)24/h5-12H,4,13-15H2,1-3H3. The molecule has 2 aromatic carbocycles. The Bertz CT molecular complexity index is 880. The van der Waals surface area contributed by atoms with Crippen molar-refractivity contribution in [2.75, 3.05) is 37.4 Å². The molecule has 0 N–H and O–H groups in total. The van der Waals surface area contributed by atoms with E-state index < -0.39 is 16.0 Å². The van der Waals surface area contributed by atoms with Crippen molar-refractivity contribution >= 4 is 21.7 Å². The van der Waals surface area contributed by atoms with E-state index in [-0.39, 0.29) is 24.5 Å². The predicted molar refractivity (Wildman–Crippen MR) is 108 cm³/mol. The Kier molecular flexibility index (Phi) is 7.69. The first-order chi connectivity index (χ1) is 13.3. The highest BCUT2D eigenvalue weighted by Crippen LogP contribution is 2.22. The number of carbonyl (C=O) groups is 1. The molecule has 0 heterocycles. The van der Waals surface area contributed by atoms with Gasteiger partial charge in [0.1, 0.15) is 24.7 Å². The summed E-state index contributed by atoms with van der Waals surface area (Å²) in [4.78, 5) is 12.3. The highest BCUT2D eigenvalue weighted by atomic mass is 32.2.